The fraction of sp³-hybridized carbons (Fsp3) is 0.667. The lowest BCUT2D eigenvalue weighted by atomic mass is 10.2. The average Bonchev–Trinajstić information content (AvgIpc) is 2.02. The summed E-state index contributed by atoms with van der Waals surface area (Å²) in [5.74, 6) is -1.46. The molecule has 14 heavy (non-hydrogen) atoms. The van der Waals surface area contributed by atoms with Crippen molar-refractivity contribution in [1.82, 2.24) is 0 Å². The van der Waals surface area contributed by atoms with Gasteiger partial charge in [-0.05, 0) is 6.42 Å². The van der Waals surface area contributed by atoms with Gasteiger partial charge in [0.15, 0.2) is 0 Å². The first kappa shape index (κ1) is 12.6. The molecule has 0 fully saturated rings. The van der Waals surface area contributed by atoms with Gasteiger partial charge in [-0.15, -0.1) is 0 Å². The second-order valence-electron chi connectivity index (χ2n) is 2.77. The van der Waals surface area contributed by atoms with Gasteiger partial charge in [0.25, 0.3) is 0 Å². The lowest BCUT2D eigenvalue weighted by Gasteiger charge is -2.00. The van der Waals surface area contributed by atoms with Gasteiger partial charge < -0.3 is 9.47 Å². The first-order chi connectivity index (χ1) is 6.56. The molecule has 0 heterocycles. The Morgan fingerprint density at radius 2 is 1.71 bits per heavy atom. The highest BCUT2D eigenvalue weighted by Gasteiger charge is 2.12. The number of esters is 2. The molecule has 0 aromatic rings. The molecule has 0 aliphatic rings. The first-order valence-electron chi connectivity index (χ1n) is 4.49. The smallest absolute Gasteiger partial charge is 0.361 e. The van der Waals surface area contributed by atoms with Crippen LogP contribution in [0.15, 0.2) is 0 Å². The molecular weight excluding hydrogens is 188 g/mol. The fourth-order valence-electron chi connectivity index (χ4n) is 0.802. The molecule has 0 atom stereocenters. The van der Waals surface area contributed by atoms with Crippen LogP contribution in [0.25, 0.3) is 0 Å². The highest BCUT2D eigenvalue weighted by molar-refractivity contribution is 5.87. The summed E-state index contributed by atoms with van der Waals surface area (Å²) in [4.78, 5) is 31.7. The lowest BCUT2D eigenvalue weighted by molar-refractivity contribution is -0.145. The summed E-state index contributed by atoms with van der Waals surface area (Å²) in [5.41, 5.74) is 0. The Morgan fingerprint density at radius 1 is 1.07 bits per heavy atom. The maximum atomic E-state index is 10.9. The molecule has 0 N–H and O–H groups in total. The second kappa shape index (κ2) is 7.06. The number of unbranched alkanes of at least 4 members (excludes halogenated alkanes) is 2. The molecule has 0 radical (unpaired) electrons. The molecule has 0 aromatic carbocycles. The second-order valence-corrected chi connectivity index (χ2v) is 2.77. The summed E-state index contributed by atoms with van der Waals surface area (Å²) in [6.45, 7) is 3.05. The van der Waals surface area contributed by atoms with E-state index in [0.717, 1.165) is 19.8 Å². The van der Waals surface area contributed by atoms with Crippen molar-refractivity contribution in [3.63, 3.8) is 0 Å². The summed E-state index contributed by atoms with van der Waals surface area (Å²) in [6, 6.07) is 0. The molecule has 0 unspecified atom stereocenters. The zero-order valence-electron chi connectivity index (χ0n) is 8.37. The van der Waals surface area contributed by atoms with Gasteiger partial charge in [0.05, 0.1) is 0 Å². The Morgan fingerprint density at radius 3 is 2.21 bits per heavy atom. The van der Waals surface area contributed by atoms with Crippen LogP contribution in [-0.2, 0) is 19.1 Å². The van der Waals surface area contributed by atoms with Crippen molar-refractivity contribution in [3.05, 3.63) is 0 Å². The number of hydrogen-bond acceptors (Lipinski definition) is 5. The molecule has 0 bridgehead atoms. The molecule has 5 nitrogen and oxygen atoms in total. The third-order valence-electron chi connectivity index (χ3n) is 1.41. The van der Waals surface area contributed by atoms with E-state index in [1.54, 1.807) is 0 Å². The summed E-state index contributed by atoms with van der Waals surface area (Å²) in [6.07, 6.45) is 1.46. The molecule has 0 rings (SSSR count). The van der Waals surface area contributed by atoms with E-state index >= 15 is 0 Å². The average molecular weight is 202 g/mol. The van der Waals surface area contributed by atoms with Gasteiger partial charge in [-0.1, -0.05) is 19.8 Å². The van der Waals surface area contributed by atoms with Crippen LogP contribution in [0.4, 0.5) is 4.79 Å². The van der Waals surface area contributed by atoms with Gasteiger partial charge in [-0.25, -0.2) is 4.79 Å². The zero-order valence-corrected chi connectivity index (χ0v) is 8.37. The molecule has 0 amide bonds. The van der Waals surface area contributed by atoms with E-state index in [1.165, 1.54) is 0 Å². The van der Waals surface area contributed by atoms with Crippen molar-refractivity contribution in [2.24, 2.45) is 0 Å². The van der Waals surface area contributed by atoms with E-state index in [0.29, 0.717) is 6.42 Å². The predicted molar refractivity (Wildman–Crippen MR) is 47.4 cm³/mol. The van der Waals surface area contributed by atoms with Gasteiger partial charge in [-0.3, -0.25) is 9.59 Å². The van der Waals surface area contributed by atoms with Crippen LogP contribution in [0.5, 0.6) is 0 Å². The van der Waals surface area contributed by atoms with Crippen LogP contribution in [0.2, 0.25) is 0 Å². The topological polar surface area (TPSA) is 69.7 Å². The summed E-state index contributed by atoms with van der Waals surface area (Å²) in [7, 11) is 0. The maximum absolute atomic E-state index is 10.9. The Labute approximate surface area is 82.4 Å². The first-order valence-corrected chi connectivity index (χ1v) is 4.49. The molecule has 0 aliphatic carbocycles. The van der Waals surface area contributed by atoms with Crippen LogP contribution in [0.3, 0.4) is 0 Å². The normalized spacial score (nSPS) is 9.29. The monoisotopic (exact) mass is 202 g/mol. The number of carbonyl (C=O) groups excluding carboxylic acids is 3. The van der Waals surface area contributed by atoms with Crippen molar-refractivity contribution in [1.29, 1.82) is 0 Å². The van der Waals surface area contributed by atoms with Crippen molar-refractivity contribution in [2.45, 2.75) is 39.5 Å². The third kappa shape index (κ3) is 7.27. The molecule has 0 saturated carbocycles. The molecule has 0 aromatic heterocycles. The van der Waals surface area contributed by atoms with E-state index in [1.807, 2.05) is 6.92 Å². The minimum Gasteiger partial charge on any atom is -0.361 e. The fourth-order valence-corrected chi connectivity index (χ4v) is 0.802. The standard InChI is InChI=1S/C9H14O5/c1-3-4-5-6-8(11)14-9(12)13-7(2)10/h3-6H2,1-2H3. The van der Waals surface area contributed by atoms with Gasteiger partial charge in [-0.2, -0.15) is 0 Å². The number of hydrogen-bond donors (Lipinski definition) is 0. The van der Waals surface area contributed by atoms with Crippen molar-refractivity contribution in [3.8, 4) is 0 Å². The van der Waals surface area contributed by atoms with Gasteiger partial charge >= 0.3 is 18.1 Å². The van der Waals surface area contributed by atoms with E-state index in [-0.39, 0.29) is 6.42 Å². The van der Waals surface area contributed by atoms with Crippen molar-refractivity contribution in [2.75, 3.05) is 0 Å². The number of ether oxygens (including phenoxy) is 2. The summed E-state index contributed by atoms with van der Waals surface area (Å²) >= 11 is 0. The van der Waals surface area contributed by atoms with Crippen LogP contribution in [0.1, 0.15) is 39.5 Å². The Kier molecular flexibility index (Phi) is 6.36. The highest BCUT2D eigenvalue weighted by Crippen LogP contribution is 2.01. The van der Waals surface area contributed by atoms with E-state index in [9.17, 15) is 14.4 Å². The van der Waals surface area contributed by atoms with Gasteiger partial charge in [0.2, 0.25) is 0 Å². The molecule has 5 heteroatoms. The van der Waals surface area contributed by atoms with Crippen molar-refractivity contribution < 1.29 is 23.9 Å². The van der Waals surface area contributed by atoms with E-state index in [2.05, 4.69) is 9.47 Å². The predicted octanol–water partition coefficient (Wildman–Crippen LogP) is 1.79. The minimum atomic E-state index is -1.25. The van der Waals surface area contributed by atoms with Gasteiger partial charge in [0, 0.05) is 13.3 Å². The lowest BCUT2D eigenvalue weighted by Crippen LogP contribution is -2.15. The molecule has 0 saturated heterocycles. The third-order valence-corrected chi connectivity index (χ3v) is 1.41. The van der Waals surface area contributed by atoms with Crippen LogP contribution in [0, 0.1) is 0 Å². The number of carbonyl (C=O) groups is 3. The van der Waals surface area contributed by atoms with Crippen LogP contribution < -0.4 is 0 Å². The van der Waals surface area contributed by atoms with E-state index in [4.69, 9.17) is 0 Å². The zero-order chi connectivity index (χ0) is 11.0. The maximum Gasteiger partial charge on any atom is 0.524 e. The SMILES string of the molecule is CCCCCC(=O)OC(=O)OC(C)=O. The molecule has 0 aliphatic heterocycles. The number of rotatable bonds is 4. The molecular formula is C9H14O5. The largest absolute Gasteiger partial charge is 0.524 e. The Bertz CT molecular complexity index is 221. The minimum absolute atomic E-state index is 0.168. The summed E-state index contributed by atoms with van der Waals surface area (Å²) < 4.78 is 8.19. The van der Waals surface area contributed by atoms with Gasteiger partial charge in [0.1, 0.15) is 0 Å². The highest BCUT2D eigenvalue weighted by atomic mass is 16.8. The molecule has 0 spiro atoms. The van der Waals surface area contributed by atoms with Crippen LogP contribution in [-0.4, -0.2) is 18.1 Å². The Balaban J connectivity index is 3.61. The Hall–Kier alpha value is -1.39. The quantitative estimate of drug-likeness (QED) is 0.395. The summed E-state index contributed by atoms with van der Waals surface area (Å²) in [5, 5.41) is 0. The van der Waals surface area contributed by atoms with Crippen LogP contribution >= 0.6 is 0 Å². The van der Waals surface area contributed by atoms with Crippen molar-refractivity contribution >= 4 is 18.1 Å². The van der Waals surface area contributed by atoms with E-state index < -0.39 is 18.1 Å². The molecule has 80 valence electrons.